The first-order valence-electron chi connectivity index (χ1n) is 9.35. The molecular weight excluding hydrogens is 342 g/mol. The normalized spacial score (nSPS) is 15.8. The predicted molar refractivity (Wildman–Crippen MR) is 103 cm³/mol. The average Bonchev–Trinajstić information content (AvgIpc) is 2.70. The second-order valence-corrected chi connectivity index (χ2v) is 7.19. The first kappa shape index (κ1) is 17.8. The van der Waals surface area contributed by atoms with E-state index in [1.807, 2.05) is 24.5 Å². The van der Waals surface area contributed by atoms with Crippen LogP contribution in [0, 0.1) is 11.6 Å². The Labute approximate surface area is 158 Å². The molecule has 0 bridgehead atoms. The van der Waals surface area contributed by atoms with E-state index in [1.165, 1.54) is 17.7 Å². The fraction of sp³-hybridized carbons (Fsp3) is 0.261. The smallest absolute Gasteiger partial charge is 0.123 e. The molecule has 0 radical (unpaired) electrons. The Morgan fingerprint density at radius 1 is 0.815 bits per heavy atom. The van der Waals surface area contributed by atoms with E-state index in [1.54, 1.807) is 24.3 Å². The van der Waals surface area contributed by atoms with E-state index in [0.717, 1.165) is 49.2 Å². The van der Waals surface area contributed by atoms with E-state index < -0.39 is 0 Å². The van der Waals surface area contributed by atoms with Gasteiger partial charge in [-0.1, -0.05) is 24.3 Å². The molecule has 3 aromatic rings. The lowest BCUT2D eigenvalue weighted by Gasteiger charge is -2.32. The van der Waals surface area contributed by atoms with Gasteiger partial charge in [0.05, 0.1) is 0 Å². The fourth-order valence-corrected chi connectivity index (χ4v) is 3.79. The molecule has 1 fully saturated rings. The van der Waals surface area contributed by atoms with Gasteiger partial charge in [-0.05, 0) is 78.9 Å². The first-order valence-corrected chi connectivity index (χ1v) is 9.35. The van der Waals surface area contributed by atoms with Gasteiger partial charge in [0, 0.05) is 24.5 Å². The van der Waals surface area contributed by atoms with Crippen LogP contribution in [-0.4, -0.2) is 23.0 Å². The molecule has 1 aromatic heterocycles. The van der Waals surface area contributed by atoms with Crippen LogP contribution < -0.4 is 0 Å². The van der Waals surface area contributed by atoms with Gasteiger partial charge < -0.3 is 0 Å². The monoisotopic (exact) mass is 364 g/mol. The van der Waals surface area contributed by atoms with E-state index in [0.29, 0.717) is 5.92 Å². The van der Waals surface area contributed by atoms with E-state index in [9.17, 15) is 8.78 Å². The van der Waals surface area contributed by atoms with Gasteiger partial charge in [-0.2, -0.15) is 0 Å². The van der Waals surface area contributed by atoms with Crippen molar-refractivity contribution in [1.82, 2.24) is 9.88 Å². The lowest BCUT2D eigenvalue weighted by atomic mass is 9.89. The molecule has 0 N–H and O–H groups in total. The molecule has 0 unspecified atom stereocenters. The Morgan fingerprint density at radius 2 is 1.44 bits per heavy atom. The van der Waals surface area contributed by atoms with Gasteiger partial charge in [0.15, 0.2) is 0 Å². The molecule has 0 aliphatic carbocycles. The number of piperidine rings is 1. The molecule has 4 heteroatoms. The lowest BCUT2D eigenvalue weighted by molar-refractivity contribution is 0.204. The van der Waals surface area contributed by atoms with Crippen LogP contribution in [-0.2, 0) is 6.54 Å². The minimum Gasteiger partial charge on any atom is -0.299 e. The highest BCUT2D eigenvalue weighted by Gasteiger charge is 2.20. The number of halogens is 2. The lowest BCUT2D eigenvalue weighted by Crippen LogP contribution is -2.32. The number of hydrogen-bond donors (Lipinski definition) is 0. The highest BCUT2D eigenvalue weighted by Crippen LogP contribution is 2.29. The third-order valence-corrected chi connectivity index (χ3v) is 5.31. The molecule has 1 aliphatic heterocycles. The van der Waals surface area contributed by atoms with Crippen molar-refractivity contribution < 1.29 is 8.78 Å². The van der Waals surface area contributed by atoms with Gasteiger partial charge in [-0.3, -0.25) is 9.88 Å². The number of rotatable bonds is 4. The van der Waals surface area contributed by atoms with Crippen molar-refractivity contribution in [2.45, 2.75) is 25.3 Å². The maximum atomic E-state index is 13.1. The summed E-state index contributed by atoms with van der Waals surface area (Å²) < 4.78 is 26.2. The molecule has 0 amide bonds. The van der Waals surface area contributed by atoms with Crippen LogP contribution >= 0.6 is 0 Å². The second-order valence-electron chi connectivity index (χ2n) is 7.19. The molecule has 2 nitrogen and oxygen atoms in total. The summed E-state index contributed by atoms with van der Waals surface area (Å²) in [6.45, 7) is 2.89. The van der Waals surface area contributed by atoms with Crippen LogP contribution in [0.15, 0.2) is 67.0 Å². The molecular formula is C23H22F2N2. The topological polar surface area (TPSA) is 16.1 Å². The summed E-state index contributed by atoms with van der Waals surface area (Å²) in [4.78, 5) is 6.80. The van der Waals surface area contributed by atoms with Crippen LogP contribution in [0.25, 0.3) is 11.1 Å². The Bertz CT molecular complexity index is 883. The van der Waals surface area contributed by atoms with Gasteiger partial charge in [0.2, 0.25) is 0 Å². The summed E-state index contributed by atoms with van der Waals surface area (Å²) >= 11 is 0. The van der Waals surface area contributed by atoms with Gasteiger partial charge in [0.1, 0.15) is 11.6 Å². The number of aromatic nitrogens is 1. The maximum absolute atomic E-state index is 13.1. The highest BCUT2D eigenvalue weighted by molar-refractivity contribution is 5.62. The quantitative estimate of drug-likeness (QED) is 0.616. The molecule has 2 aromatic carbocycles. The van der Waals surface area contributed by atoms with Crippen molar-refractivity contribution in [3.8, 4) is 11.1 Å². The zero-order valence-electron chi connectivity index (χ0n) is 15.1. The molecule has 1 saturated heterocycles. The molecule has 1 aliphatic rings. The Hall–Kier alpha value is -2.59. The maximum Gasteiger partial charge on any atom is 0.123 e. The Morgan fingerprint density at radius 3 is 2.11 bits per heavy atom. The summed E-state index contributed by atoms with van der Waals surface area (Å²) in [5.41, 5.74) is 4.38. The summed E-state index contributed by atoms with van der Waals surface area (Å²) in [5, 5.41) is 0. The SMILES string of the molecule is Fc1ccc(-c2cncc(CN3CCC(c4ccc(F)cc4)CC3)c2)cc1. The van der Waals surface area contributed by atoms with Crippen LogP contribution in [0.2, 0.25) is 0 Å². The van der Waals surface area contributed by atoms with E-state index >= 15 is 0 Å². The van der Waals surface area contributed by atoms with Gasteiger partial charge >= 0.3 is 0 Å². The largest absolute Gasteiger partial charge is 0.299 e. The minimum atomic E-state index is -0.230. The third-order valence-electron chi connectivity index (χ3n) is 5.31. The van der Waals surface area contributed by atoms with Crippen LogP contribution in [0.3, 0.4) is 0 Å². The molecule has 0 spiro atoms. The molecule has 2 heterocycles. The summed E-state index contributed by atoms with van der Waals surface area (Å²) in [6.07, 6.45) is 5.88. The van der Waals surface area contributed by atoms with E-state index in [-0.39, 0.29) is 11.6 Å². The van der Waals surface area contributed by atoms with Crippen molar-refractivity contribution >= 4 is 0 Å². The number of pyridine rings is 1. The Balaban J connectivity index is 1.38. The van der Waals surface area contributed by atoms with Crippen LogP contribution in [0.4, 0.5) is 8.78 Å². The highest BCUT2D eigenvalue weighted by atomic mass is 19.1. The molecule has 4 rings (SSSR count). The van der Waals surface area contributed by atoms with Crippen LogP contribution in [0.5, 0.6) is 0 Å². The van der Waals surface area contributed by atoms with Crippen molar-refractivity contribution in [2.24, 2.45) is 0 Å². The number of benzene rings is 2. The van der Waals surface area contributed by atoms with E-state index in [2.05, 4.69) is 16.0 Å². The van der Waals surface area contributed by atoms with Crippen LogP contribution in [0.1, 0.15) is 29.9 Å². The molecule has 0 atom stereocenters. The predicted octanol–water partition coefficient (Wildman–Crippen LogP) is 5.41. The van der Waals surface area contributed by atoms with Gasteiger partial charge in [-0.25, -0.2) is 8.78 Å². The summed E-state index contributed by atoms with van der Waals surface area (Å²) in [5.74, 6) is 0.0992. The minimum absolute atomic E-state index is 0.176. The zero-order chi connectivity index (χ0) is 18.6. The Kier molecular flexibility index (Phi) is 5.26. The van der Waals surface area contributed by atoms with Crippen molar-refractivity contribution in [3.63, 3.8) is 0 Å². The second kappa shape index (κ2) is 7.97. The number of hydrogen-bond acceptors (Lipinski definition) is 2. The van der Waals surface area contributed by atoms with Crippen molar-refractivity contribution in [1.29, 1.82) is 0 Å². The molecule has 0 saturated carbocycles. The summed E-state index contributed by atoms with van der Waals surface area (Å²) in [7, 11) is 0. The zero-order valence-corrected chi connectivity index (χ0v) is 15.1. The summed E-state index contributed by atoms with van der Waals surface area (Å²) in [6, 6.07) is 15.6. The first-order chi connectivity index (χ1) is 13.2. The van der Waals surface area contributed by atoms with E-state index in [4.69, 9.17) is 0 Å². The molecule has 27 heavy (non-hydrogen) atoms. The number of likely N-dealkylation sites (tertiary alicyclic amines) is 1. The number of nitrogens with zero attached hydrogens (tertiary/aromatic N) is 2. The fourth-order valence-electron chi connectivity index (χ4n) is 3.79. The third kappa shape index (κ3) is 4.40. The average molecular weight is 364 g/mol. The van der Waals surface area contributed by atoms with Crippen molar-refractivity contribution in [2.75, 3.05) is 13.1 Å². The van der Waals surface area contributed by atoms with Crippen molar-refractivity contribution in [3.05, 3.63) is 89.8 Å². The molecule has 138 valence electrons. The van der Waals surface area contributed by atoms with Gasteiger partial charge in [-0.15, -0.1) is 0 Å². The van der Waals surface area contributed by atoms with Gasteiger partial charge in [0.25, 0.3) is 0 Å². The standard InChI is InChI=1S/C23H22F2N2/c24-22-5-1-18(2-6-22)20-9-11-27(12-10-20)16-17-13-21(15-26-14-17)19-3-7-23(25)8-4-19/h1-8,13-15,20H,9-12,16H2.